The van der Waals surface area contributed by atoms with Gasteiger partial charge in [-0.15, -0.1) is 0 Å². The standard InChI is InChI=1S/C20H20N4OS/c1-14(20-22-16-6-2-3-7-17(16)23-20)21-19(25)12-18(15-8-11-26-13-15)24-9-4-5-10-24/h2-11,13-14,18H,12H2,1H3,(H,21,25)(H,22,23)/t14-,18+/m0/s1. The molecule has 0 aliphatic heterocycles. The first-order valence-electron chi connectivity index (χ1n) is 8.59. The number of hydrogen-bond donors (Lipinski definition) is 2. The van der Waals surface area contributed by atoms with Crippen LogP contribution in [0.15, 0.2) is 65.6 Å². The van der Waals surface area contributed by atoms with Crippen LogP contribution in [0, 0.1) is 0 Å². The molecular weight excluding hydrogens is 344 g/mol. The van der Waals surface area contributed by atoms with E-state index in [4.69, 9.17) is 0 Å². The molecule has 1 amide bonds. The minimum atomic E-state index is -0.178. The lowest BCUT2D eigenvalue weighted by atomic mass is 10.1. The minimum absolute atomic E-state index is 0.000812. The summed E-state index contributed by atoms with van der Waals surface area (Å²) in [7, 11) is 0. The van der Waals surface area contributed by atoms with Gasteiger partial charge in [0.2, 0.25) is 5.91 Å². The Kier molecular flexibility index (Phi) is 4.58. The number of nitrogens with zero attached hydrogens (tertiary/aromatic N) is 2. The van der Waals surface area contributed by atoms with E-state index >= 15 is 0 Å². The Bertz CT molecular complexity index is 921. The van der Waals surface area contributed by atoms with Crippen molar-refractivity contribution >= 4 is 28.3 Å². The van der Waals surface area contributed by atoms with E-state index in [9.17, 15) is 4.79 Å². The summed E-state index contributed by atoms with van der Waals surface area (Å²) >= 11 is 1.65. The van der Waals surface area contributed by atoms with Crippen LogP contribution >= 0.6 is 11.3 Å². The molecule has 0 saturated carbocycles. The monoisotopic (exact) mass is 364 g/mol. The minimum Gasteiger partial charge on any atom is -0.346 e. The highest BCUT2D eigenvalue weighted by Crippen LogP contribution is 2.25. The smallest absolute Gasteiger partial charge is 0.223 e. The number of hydrogen-bond acceptors (Lipinski definition) is 3. The van der Waals surface area contributed by atoms with Crippen molar-refractivity contribution in [2.45, 2.75) is 25.4 Å². The van der Waals surface area contributed by atoms with Crippen molar-refractivity contribution < 1.29 is 4.79 Å². The van der Waals surface area contributed by atoms with Crippen molar-refractivity contribution in [1.82, 2.24) is 19.9 Å². The van der Waals surface area contributed by atoms with Crippen LogP contribution in [-0.4, -0.2) is 20.4 Å². The summed E-state index contributed by atoms with van der Waals surface area (Å²) in [5, 5.41) is 7.21. The molecule has 5 nitrogen and oxygen atoms in total. The van der Waals surface area contributed by atoms with Gasteiger partial charge in [-0.2, -0.15) is 11.3 Å². The maximum absolute atomic E-state index is 12.7. The normalized spacial score (nSPS) is 13.6. The molecular formula is C20H20N4OS. The van der Waals surface area contributed by atoms with Gasteiger partial charge in [-0.3, -0.25) is 4.79 Å². The second-order valence-electron chi connectivity index (χ2n) is 6.34. The fourth-order valence-corrected chi connectivity index (χ4v) is 3.84. The first kappa shape index (κ1) is 16.6. The lowest BCUT2D eigenvalue weighted by molar-refractivity contribution is -0.122. The predicted molar refractivity (Wildman–Crippen MR) is 104 cm³/mol. The number of para-hydroxylation sites is 2. The molecule has 0 aliphatic rings. The predicted octanol–water partition coefficient (Wildman–Crippen LogP) is 4.28. The third-order valence-electron chi connectivity index (χ3n) is 4.49. The molecule has 26 heavy (non-hydrogen) atoms. The fourth-order valence-electron chi connectivity index (χ4n) is 3.14. The van der Waals surface area contributed by atoms with E-state index in [0.717, 1.165) is 22.4 Å². The van der Waals surface area contributed by atoms with Gasteiger partial charge >= 0.3 is 0 Å². The molecule has 0 spiro atoms. The van der Waals surface area contributed by atoms with Crippen molar-refractivity contribution in [3.63, 3.8) is 0 Å². The third-order valence-corrected chi connectivity index (χ3v) is 5.19. The summed E-state index contributed by atoms with van der Waals surface area (Å²) in [5.74, 6) is 0.774. The maximum Gasteiger partial charge on any atom is 0.223 e. The number of H-pyrrole nitrogens is 1. The van der Waals surface area contributed by atoms with Crippen LogP contribution in [0.3, 0.4) is 0 Å². The van der Waals surface area contributed by atoms with Gasteiger partial charge in [0.05, 0.1) is 29.5 Å². The molecule has 4 aromatic rings. The van der Waals surface area contributed by atoms with E-state index in [-0.39, 0.29) is 18.0 Å². The fraction of sp³-hybridized carbons (Fsp3) is 0.200. The van der Waals surface area contributed by atoms with Crippen molar-refractivity contribution in [2.75, 3.05) is 0 Å². The van der Waals surface area contributed by atoms with Crippen LogP contribution in [0.5, 0.6) is 0 Å². The number of aromatic nitrogens is 3. The quantitative estimate of drug-likeness (QED) is 0.536. The van der Waals surface area contributed by atoms with Gasteiger partial charge in [0, 0.05) is 12.4 Å². The van der Waals surface area contributed by atoms with E-state index in [1.807, 2.05) is 61.1 Å². The Morgan fingerprint density at radius 1 is 1.23 bits per heavy atom. The van der Waals surface area contributed by atoms with E-state index < -0.39 is 0 Å². The molecule has 2 N–H and O–H groups in total. The zero-order chi connectivity index (χ0) is 17.9. The second kappa shape index (κ2) is 7.17. The number of imidazole rings is 1. The Morgan fingerprint density at radius 2 is 2.04 bits per heavy atom. The van der Waals surface area contributed by atoms with Crippen LogP contribution in [-0.2, 0) is 4.79 Å². The molecule has 0 unspecified atom stereocenters. The van der Waals surface area contributed by atoms with E-state index in [1.54, 1.807) is 11.3 Å². The molecule has 0 saturated heterocycles. The molecule has 0 aliphatic carbocycles. The van der Waals surface area contributed by atoms with Gasteiger partial charge in [-0.1, -0.05) is 12.1 Å². The highest BCUT2D eigenvalue weighted by atomic mass is 32.1. The Labute approximate surface area is 155 Å². The van der Waals surface area contributed by atoms with Gasteiger partial charge in [-0.25, -0.2) is 4.98 Å². The summed E-state index contributed by atoms with van der Waals surface area (Å²) < 4.78 is 2.08. The Morgan fingerprint density at radius 3 is 2.77 bits per heavy atom. The van der Waals surface area contributed by atoms with Crippen molar-refractivity contribution in [1.29, 1.82) is 0 Å². The summed E-state index contributed by atoms with van der Waals surface area (Å²) in [5.41, 5.74) is 3.04. The number of carbonyl (C=O) groups is 1. The maximum atomic E-state index is 12.7. The zero-order valence-corrected chi connectivity index (χ0v) is 15.2. The number of benzene rings is 1. The number of rotatable bonds is 6. The van der Waals surface area contributed by atoms with Crippen LogP contribution < -0.4 is 5.32 Å². The van der Waals surface area contributed by atoms with Crippen molar-refractivity contribution in [3.05, 3.63) is 77.0 Å². The number of fused-ring (bicyclic) bond motifs is 1. The molecule has 132 valence electrons. The summed E-state index contributed by atoms with van der Waals surface area (Å²) in [6.07, 6.45) is 4.38. The number of thiophene rings is 1. The molecule has 3 aromatic heterocycles. The largest absolute Gasteiger partial charge is 0.346 e. The number of nitrogens with one attached hydrogen (secondary N) is 2. The van der Waals surface area contributed by atoms with Gasteiger partial charge in [0.1, 0.15) is 5.82 Å². The average Bonchev–Trinajstić information content (AvgIpc) is 3.41. The lowest BCUT2D eigenvalue weighted by Gasteiger charge is -2.19. The molecule has 0 bridgehead atoms. The van der Waals surface area contributed by atoms with E-state index in [0.29, 0.717) is 6.42 Å². The Balaban J connectivity index is 1.48. The second-order valence-corrected chi connectivity index (χ2v) is 7.12. The van der Waals surface area contributed by atoms with E-state index in [1.165, 1.54) is 0 Å². The summed E-state index contributed by atoms with van der Waals surface area (Å²) in [6, 6.07) is 13.7. The third kappa shape index (κ3) is 3.41. The van der Waals surface area contributed by atoms with Gasteiger partial charge in [0.15, 0.2) is 0 Å². The van der Waals surface area contributed by atoms with Gasteiger partial charge < -0.3 is 14.9 Å². The van der Waals surface area contributed by atoms with Gasteiger partial charge in [0.25, 0.3) is 0 Å². The SMILES string of the molecule is C[C@H](NC(=O)C[C@H](c1ccsc1)n1cccc1)c1nc2ccccc2[nH]1. The summed E-state index contributed by atoms with van der Waals surface area (Å²) in [4.78, 5) is 20.5. The highest BCUT2D eigenvalue weighted by molar-refractivity contribution is 7.08. The Hall–Kier alpha value is -2.86. The van der Waals surface area contributed by atoms with Crippen LogP contribution in [0.4, 0.5) is 0 Å². The van der Waals surface area contributed by atoms with Gasteiger partial charge in [-0.05, 0) is 53.6 Å². The molecule has 4 rings (SSSR count). The topological polar surface area (TPSA) is 62.7 Å². The van der Waals surface area contributed by atoms with Crippen molar-refractivity contribution in [2.24, 2.45) is 0 Å². The highest BCUT2D eigenvalue weighted by Gasteiger charge is 2.20. The first-order valence-corrected chi connectivity index (χ1v) is 9.53. The van der Waals surface area contributed by atoms with Crippen LogP contribution in [0.1, 0.15) is 36.8 Å². The van der Waals surface area contributed by atoms with E-state index in [2.05, 4.69) is 31.3 Å². The molecule has 0 fully saturated rings. The molecule has 3 heterocycles. The average molecular weight is 364 g/mol. The number of aromatic amines is 1. The zero-order valence-electron chi connectivity index (χ0n) is 14.4. The van der Waals surface area contributed by atoms with Crippen LogP contribution in [0.25, 0.3) is 11.0 Å². The summed E-state index contributed by atoms with van der Waals surface area (Å²) in [6.45, 7) is 1.95. The molecule has 0 radical (unpaired) electrons. The van der Waals surface area contributed by atoms with Crippen molar-refractivity contribution in [3.8, 4) is 0 Å². The first-order chi connectivity index (χ1) is 12.7. The number of carbonyl (C=O) groups excluding carboxylic acids is 1. The lowest BCUT2D eigenvalue weighted by Crippen LogP contribution is -2.29. The molecule has 1 aromatic carbocycles. The van der Waals surface area contributed by atoms with Crippen LogP contribution in [0.2, 0.25) is 0 Å². The molecule has 2 atom stereocenters. The molecule has 6 heteroatoms. The number of amides is 1.